The zero-order valence-corrected chi connectivity index (χ0v) is 21.4. The SMILES string of the molecule is CC(C)C(=O)N1CC(C(=O)N2CCCCCOc3ccccc3Oc3ccc(Cl)cc3NC(=O)C2)C1. The Morgan fingerprint density at radius 2 is 1.75 bits per heavy atom. The van der Waals surface area contributed by atoms with Gasteiger partial charge in [-0.1, -0.05) is 37.6 Å². The molecule has 2 aromatic carbocycles. The van der Waals surface area contributed by atoms with Crippen molar-refractivity contribution < 1.29 is 23.9 Å². The van der Waals surface area contributed by atoms with E-state index in [-0.39, 0.29) is 36.1 Å². The van der Waals surface area contributed by atoms with E-state index in [4.69, 9.17) is 21.1 Å². The molecule has 3 amide bonds. The zero-order valence-electron chi connectivity index (χ0n) is 20.7. The van der Waals surface area contributed by atoms with E-state index in [2.05, 4.69) is 5.32 Å². The highest BCUT2D eigenvalue weighted by Gasteiger charge is 2.38. The van der Waals surface area contributed by atoms with Crippen LogP contribution in [0.3, 0.4) is 0 Å². The molecule has 0 atom stereocenters. The Bertz CT molecular complexity index is 1120. The molecule has 2 aliphatic heterocycles. The van der Waals surface area contributed by atoms with Gasteiger partial charge in [0.15, 0.2) is 17.2 Å². The Morgan fingerprint density at radius 3 is 2.50 bits per heavy atom. The Labute approximate surface area is 216 Å². The highest BCUT2D eigenvalue weighted by atomic mass is 35.5. The van der Waals surface area contributed by atoms with Crippen LogP contribution in [-0.2, 0) is 14.4 Å². The first-order valence-corrected chi connectivity index (χ1v) is 12.8. The number of ether oxygens (including phenoxy) is 2. The van der Waals surface area contributed by atoms with Gasteiger partial charge in [-0.15, -0.1) is 0 Å². The first kappa shape index (κ1) is 25.8. The average molecular weight is 514 g/mol. The molecule has 8 nitrogen and oxygen atoms in total. The number of amides is 3. The van der Waals surface area contributed by atoms with E-state index in [1.54, 1.807) is 34.1 Å². The Hall–Kier alpha value is -3.26. The van der Waals surface area contributed by atoms with Gasteiger partial charge in [-0.25, -0.2) is 0 Å². The van der Waals surface area contributed by atoms with Crippen molar-refractivity contribution in [3.63, 3.8) is 0 Å². The average Bonchev–Trinajstić information content (AvgIpc) is 2.81. The maximum atomic E-state index is 13.2. The minimum atomic E-state index is -0.343. The molecule has 0 radical (unpaired) electrons. The molecular weight excluding hydrogens is 482 g/mol. The van der Waals surface area contributed by atoms with Crippen molar-refractivity contribution in [2.24, 2.45) is 11.8 Å². The van der Waals surface area contributed by atoms with Crippen LogP contribution in [-0.4, -0.2) is 60.3 Å². The van der Waals surface area contributed by atoms with Gasteiger partial charge in [0.2, 0.25) is 17.7 Å². The largest absolute Gasteiger partial charge is 0.490 e. The van der Waals surface area contributed by atoms with Gasteiger partial charge in [-0.3, -0.25) is 14.4 Å². The quantitative estimate of drug-likeness (QED) is 0.635. The number of carbonyl (C=O) groups excluding carboxylic acids is 3. The lowest BCUT2D eigenvalue weighted by atomic mass is 9.96. The molecule has 0 unspecified atom stereocenters. The van der Waals surface area contributed by atoms with E-state index in [1.807, 2.05) is 32.0 Å². The number of halogens is 1. The molecule has 2 aliphatic rings. The fraction of sp³-hybridized carbons (Fsp3) is 0.444. The second kappa shape index (κ2) is 11.6. The summed E-state index contributed by atoms with van der Waals surface area (Å²) in [6.45, 7) is 5.36. The van der Waals surface area contributed by atoms with Gasteiger partial charge in [-0.05, 0) is 49.6 Å². The van der Waals surface area contributed by atoms with Crippen molar-refractivity contribution in [3.8, 4) is 17.2 Å². The third-order valence-corrected chi connectivity index (χ3v) is 6.53. The summed E-state index contributed by atoms with van der Waals surface area (Å²) in [5.41, 5.74) is 0.405. The number of rotatable bonds is 2. The molecule has 2 heterocycles. The van der Waals surface area contributed by atoms with Crippen LogP contribution in [0, 0.1) is 11.8 Å². The van der Waals surface area contributed by atoms with E-state index in [1.165, 1.54) is 0 Å². The Balaban J connectivity index is 1.51. The number of benzene rings is 2. The second-order valence-corrected chi connectivity index (χ2v) is 9.94. The van der Waals surface area contributed by atoms with Crippen molar-refractivity contribution in [3.05, 3.63) is 47.5 Å². The minimum absolute atomic E-state index is 0.0448. The standard InChI is InChI=1S/C27H32ClN3O5/c1-18(2)26(33)31-15-19(16-31)27(34)30-12-6-3-7-13-35-23-8-4-5-9-24(23)36-22-11-10-20(28)14-21(22)29-25(32)17-30/h4-5,8-11,14,18-19H,3,6-7,12-13,15-17H2,1-2H3,(H,29,32). The van der Waals surface area contributed by atoms with Crippen LogP contribution in [0.25, 0.3) is 0 Å². The molecule has 9 heteroatoms. The molecule has 0 aliphatic carbocycles. The molecular formula is C27H32ClN3O5. The normalized spacial score (nSPS) is 17.4. The van der Waals surface area contributed by atoms with Crippen molar-refractivity contribution in [1.82, 2.24) is 9.80 Å². The number of anilines is 1. The maximum Gasteiger partial charge on any atom is 0.244 e. The topological polar surface area (TPSA) is 88.2 Å². The molecule has 0 spiro atoms. The van der Waals surface area contributed by atoms with Crippen molar-refractivity contribution >= 4 is 35.0 Å². The highest BCUT2D eigenvalue weighted by Crippen LogP contribution is 2.36. The predicted octanol–water partition coefficient (Wildman–Crippen LogP) is 4.58. The highest BCUT2D eigenvalue weighted by molar-refractivity contribution is 6.31. The summed E-state index contributed by atoms with van der Waals surface area (Å²) in [5, 5.41) is 3.30. The van der Waals surface area contributed by atoms with Gasteiger partial charge in [0.25, 0.3) is 0 Å². The second-order valence-electron chi connectivity index (χ2n) is 9.50. The molecule has 0 bridgehead atoms. The van der Waals surface area contributed by atoms with Gasteiger partial charge >= 0.3 is 0 Å². The number of para-hydroxylation sites is 2. The van der Waals surface area contributed by atoms with Crippen LogP contribution in [0.1, 0.15) is 33.1 Å². The van der Waals surface area contributed by atoms with Crippen LogP contribution < -0.4 is 14.8 Å². The van der Waals surface area contributed by atoms with E-state index in [0.29, 0.717) is 54.2 Å². The summed E-state index contributed by atoms with van der Waals surface area (Å²) in [7, 11) is 0. The van der Waals surface area contributed by atoms with E-state index < -0.39 is 0 Å². The lowest BCUT2D eigenvalue weighted by Gasteiger charge is -2.41. The van der Waals surface area contributed by atoms with Crippen LogP contribution >= 0.6 is 11.6 Å². The summed E-state index contributed by atoms with van der Waals surface area (Å²) in [6.07, 6.45) is 2.38. The minimum Gasteiger partial charge on any atom is -0.490 e. The van der Waals surface area contributed by atoms with Crippen molar-refractivity contribution in [1.29, 1.82) is 0 Å². The molecule has 36 heavy (non-hydrogen) atoms. The first-order valence-electron chi connectivity index (χ1n) is 12.4. The number of hydrogen-bond acceptors (Lipinski definition) is 5. The fourth-order valence-corrected chi connectivity index (χ4v) is 4.47. The lowest BCUT2D eigenvalue weighted by Crippen LogP contribution is -2.58. The molecule has 0 saturated carbocycles. The summed E-state index contributed by atoms with van der Waals surface area (Å²) in [6, 6.07) is 12.4. The van der Waals surface area contributed by atoms with Crippen LogP contribution in [0.4, 0.5) is 5.69 Å². The number of likely N-dealkylation sites (tertiary alicyclic amines) is 1. The van der Waals surface area contributed by atoms with Gasteiger partial charge in [0.05, 0.1) is 24.8 Å². The van der Waals surface area contributed by atoms with Crippen LogP contribution in [0.15, 0.2) is 42.5 Å². The molecule has 192 valence electrons. The van der Waals surface area contributed by atoms with E-state index >= 15 is 0 Å². The van der Waals surface area contributed by atoms with Crippen molar-refractivity contribution in [2.75, 3.05) is 38.1 Å². The van der Waals surface area contributed by atoms with Crippen LogP contribution in [0.5, 0.6) is 17.2 Å². The third kappa shape index (κ3) is 6.29. The zero-order chi connectivity index (χ0) is 25.7. The predicted molar refractivity (Wildman–Crippen MR) is 137 cm³/mol. The summed E-state index contributed by atoms with van der Waals surface area (Å²) < 4.78 is 12.1. The Morgan fingerprint density at radius 1 is 1.00 bits per heavy atom. The van der Waals surface area contributed by atoms with E-state index in [9.17, 15) is 14.4 Å². The van der Waals surface area contributed by atoms with E-state index in [0.717, 1.165) is 19.3 Å². The molecule has 0 aromatic heterocycles. The van der Waals surface area contributed by atoms with Gasteiger partial charge in [0, 0.05) is 30.6 Å². The summed E-state index contributed by atoms with van der Waals surface area (Å²) in [4.78, 5) is 41.8. The van der Waals surface area contributed by atoms with Gasteiger partial charge in [0.1, 0.15) is 0 Å². The van der Waals surface area contributed by atoms with Gasteiger partial charge < -0.3 is 24.6 Å². The molecule has 4 rings (SSSR count). The fourth-order valence-electron chi connectivity index (χ4n) is 4.29. The number of nitrogens with zero attached hydrogens (tertiary/aromatic N) is 2. The maximum absolute atomic E-state index is 13.2. The number of hydrogen-bond donors (Lipinski definition) is 1. The smallest absolute Gasteiger partial charge is 0.244 e. The third-order valence-electron chi connectivity index (χ3n) is 6.30. The monoisotopic (exact) mass is 513 g/mol. The van der Waals surface area contributed by atoms with Crippen LogP contribution in [0.2, 0.25) is 5.02 Å². The number of carbonyl (C=O) groups is 3. The van der Waals surface area contributed by atoms with Gasteiger partial charge in [-0.2, -0.15) is 0 Å². The van der Waals surface area contributed by atoms with Crippen molar-refractivity contribution in [2.45, 2.75) is 33.1 Å². The lowest BCUT2D eigenvalue weighted by molar-refractivity contribution is -0.151. The molecule has 2 aromatic rings. The number of fused-ring (bicyclic) bond motifs is 2. The molecule has 1 N–H and O–H groups in total. The first-order chi connectivity index (χ1) is 17.3. The summed E-state index contributed by atoms with van der Waals surface area (Å²) >= 11 is 6.20. The Kier molecular flexibility index (Phi) is 8.36. The number of nitrogens with one attached hydrogen (secondary N) is 1. The summed E-state index contributed by atoms with van der Waals surface area (Å²) in [5.74, 6) is 0.771. The molecule has 1 saturated heterocycles. The molecule has 1 fully saturated rings.